The Morgan fingerprint density at radius 3 is 2.09 bits per heavy atom. The van der Waals surface area contributed by atoms with E-state index < -0.39 is 0 Å². The molecule has 0 aliphatic heterocycles. The molecule has 0 bridgehead atoms. The van der Waals surface area contributed by atoms with Crippen molar-refractivity contribution < 1.29 is 9.39 Å². The van der Waals surface area contributed by atoms with Gasteiger partial charge in [-0.3, -0.25) is 4.79 Å². The number of hydrogen-bond donors (Lipinski definition) is 1. The summed E-state index contributed by atoms with van der Waals surface area (Å²) in [4.78, 5) is 12.4. The van der Waals surface area contributed by atoms with E-state index in [4.69, 9.17) is 11.6 Å². The van der Waals surface area contributed by atoms with Gasteiger partial charge in [0.25, 0.3) is 5.91 Å². The Bertz CT molecular complexity index is 673. The van der Waals surface area contributed by atoms with Crippen molar-refractivity contribution in [3.63, 3.8) is 0 Å². The molecular weight excluding hydrogens is 298 g/mol. The molecule has 0 fully saturated rings. The van der Waals surface area contributed by atoms with E-state index >= 15 is 0 Å². The van der Waals surface area contributed by atoms with Gasteiger partial charge in [-0.25, -0.2) is 4.59 Å². The first kappa shape index (κ1) is 16.2. The van der Waals surface area contributed by atoms with Crippen molar-refractivity contribution in [3.8, 4) is 0 Å². The molecule has 0 spiro atoms. The number of hydrogen-bond acceptors (Lipinski definition) is 2. The Morgan fingerprint density at radius 1 is 0.955 bits per heavy atom. The van der Waals surface area contributed by atoms with Gasteiger partial charge < -0.3 is 5.32 Å². The number of amides is 1. The SMILES string of the molecule is C[N+](C)(C)/N=C(/NC(=O)c1ccc(Cl)cc1)c1ccccc1. The quantitative estimate of drug-likeness (QED) is 0.402. The molecule has 1 N–H and O–H groups in total. The lowest BCUT2D eigenvalue weighted by Crippen LogP contribution is -2.37. The summed E-state index contributed by atoms with van der Waals surface area (Å²) in [6.45, 7) is 0. The van der Waals surface area contributed by atoms with Gasteiger partial charge in [0, 0.05) is 16.1 Å². The molecule has 2 rings (SSSR count). The lowest BCUT2D eigenvalue weighted by Gasteiger charge is -2.18. The van der Waals surface area contributed by atoms with Crippen molar-refractivity contribution in [3.05, 3.63) is 70.7 Å². The summed E-state index contributed by atoms with van der Waals surface area (Å²) in [5.74, 6) is 0.320. The van der Waals surface area contributed by atoms with Gasteiger partial charge in [0.05, 0.1) is 21.1 Å². The first-order valence-corrected chi connectivity index (χ1v) is 7.27. The van der Waals surface area contributed by atoms with E-state index in [9.17, 15) is 4.79 Å². The average Bonchev–Trinajstić information content (AvgIpc) is 2.47. The predicted molar refractivity (Wildman–Crippen MR) is 89.9 cm³/mol. The Balaban J connectivity index is 2.29. The minimum absolute atomic E-state index is 0.215. The topological polar surface area (TPSA) is 41.5 Å². The third-order valence-electron chi connectivity index (χ3n) is 2.79. The fraction of sp³-hybridized carbons (Fsp3) is 0.176. The minimum atomic E-state index is -0.215. The molecule has 0 heterocycles. The summed E-state index contributed by atoms with van der Waals surface area (Å²) in [7, 11) is 5.78. The molecule has 22 heavy (non-hydrogen) atoms. The number of halogens is 1. The number of carbonyl (C=O) groups is 1. The molecule has 0 saturated carbocycles. The maximum atomic E-state index is 12.4. The van der Waals surface area contributed by atoms with Crippen molar-refractivity contribution in [2.45, 2.75) is 0 Å². The number of nitrogens with one attached hydrogen (secondary N) is 1. The van der Waals surface area contributed by atoms with E-state index in [1.807, 2.05) is 51.5 Å². The second-order valence-corrected chi connectivity index (χ2v) is 6.15. The Morgan fingerprint density at radius 2 is 1.55 bits per heavy atom. The summed E-state index contributed by atoms with van der Waals surface area (Å²) in [5.41, 5.74) is 1.40. The Hall–Kier alpha value is -2.17. The fourth-order valence-corrected chi connectivity index (χ4v) is 1.96. The second kappa shape index (κ2) is 6.73. The van der Waals surface area contributed by atoms with Crippen molar-refractivity contribution in [1.82, 2.24) is 5.32 Å². The van der Waals surface area contributed by atoms with E-state index in [1.54, 1.807) is 24.3 Å². The molecule has 1 amide bonds. The number of benzene rings is 2. The van der Waals surface area contributed by atoms with Crippen LogP contribution < -0.4 is 5.32 Å². The van der Waals surface area contributed by atoms with Crippen LogP contribution in [0.5, 0.6) is 0 Å². The summed E-state index contributed by atoms with van der Waals surface area (Å²) in [6.07, 6.45) is 0. The van der Waals surface area contributed by atoms with Crippen molar-refractivity contribution in [2.75, 3.05) is 21.1 Å². The smallest absolute Gasteiger partial charge is 0.256 e. The third-order valence-corrected chi connectivity index (χ3v) is 3.04. The maximum absolute atomic E-state index is 12.4. The standard InChI is InChI=1S/C17H18ClN3O/c1-21(2,3)20-16(13-7-5-4-6-8-13)19-17(22)14-9-11-15(18)12-10-14/h4-12H,1-3H3/p+1. The van der Waals surface area contributed by atoms with E-state index in [1.165, 1.54) is 0 Å². The number of amidine groups is 1. The Kier molecular flexibility index (Phi) is 4.96. The first-order chi connectivity index (χ1) is 10.3. The minimum Gasteiger partial charge on any atom is -0.302 e. The highest BCUT2D eigenvalue weighted by Crippen LogP contribution is 2.10. The van der Waals surface area contributed by atoms with Crippen LogP contribution >= 0.6 is 11.6 Å². The van der Waals surface area contributed by atoms with Crippen LogP contribution in [-0.4, -0.2) is 37.5 Å². The highest BCUT2D eigenvalue weighted by molar-refractivity contribution is 6.30. The van der Waals surface area contributed by atoms with Gasteiger partial charge in [-0.15, -0.1) is 0 Å². The van der Waals surface area contributed by atoms with Crippen LogP contribution in [0.25, 0.3) is 0 Å². The van der Waals surface area contributed by atoms with Crippen LogP contribution in [-0.2, 0) is 0 Å². The second-order valence-electron chi connectivity index (χ2n) is 5.72. The molecule has 114 valence electrons. The predicted octanol–water partition coefficient (Wildman–Crippen LogP) is 3.14. The monoisotopic (exact) mass is 316 g/mol. The average molecular weight is 317 g/mol. The third kappa shape index (κ3) is 4.69. The zero-order chi connectivity index (χ0) is 16.2. The molecule has 0 aromatic heterocycles. The molecule has 0 aliphatic rings. The van der Waals surface area contributed by atoms with Gasteiger partial charge >= 0.3 is 0 Å². The van der Waals surface area contributed by atoms with Gasteiger partial charge in [-0.05, 0) is 24.3 Å². The van der Waals surface area contributed by atoms with Gasteiger partial charge in [-0.2, -0.15) is 0 Å². The van der Waals surface area contributed by atoms with Crippen LogP contribution in [0.1, 0.15) is 15.9 Å². The van der Waals surface area contributed by atoms with Crippen LogP contribution in [0.2, 0.25) is 5.02 Å². The van der Waals surface area contributed by atoms with E-state index in [0.29, 0.717) is 21.0 Å². The summed E-state index contributed by atoms with van der Waals surface area (Å²) in [6, 6.07) is 16.3. The fourth-order valence-electron chi connectivity index (χ4n) is 1.83. The molecule has 5 heteroatoms. The van der Waals surface area contributed by atoms with Crippen LogP contribution in [0.4, 0.5) is 0 Å². The van der Waals surface area contributed by atoms with E-state index in [2.05, 4.69) is 10.4 Å². The zero-order valence-corrected chi connectivity index (χ0v) is 13.6. The first-order valence-electron chi connectivity index (χ1n) is 6.89. The van der Waals surface area contributed by atoms with E-state index in [0.717, 1.165) is 5.56 Å². The molecule has 0 saturated heterocycles. The van der Waals surface area contributed by atoms with Crippen molar-refractivity contribution in [2.24, 2.45) is 5.10 Å². The lowest BCUT2D eigenvalue weighted by molar-refractivity contribution is -0.877. The van der Waals surface area contributed by atoms with Crippen molar-refractivity contribution >= 4 is 23.3 Å². The summed E-state index contributed by atoms with van der Waals surface area (Å²) < 4.78 is 0.352. The lowest BCUT2D eigenvalue weighted by atomic mass is 10.2. The summed E-state index contributed by atoms with van der Waals surface area (Å²) in [5, 5.41) is 8.03. The Labute approximate surface area is 135 Å². The number of carbonyl (C=O) groups excluding carboxylic acids is 1. The number of rotatable bonds is 3. The highest BCUT2D eigenvalue weighted by atomic mass is 35.5. The van der Waals surface area contributed by atoms with Gasteiger partial charge in [0.1, 0.15) is 0 Å². The van der Waals surface area contributed by atoms with Crippen molar-refractivity contribution in [1.29, 1.82) is 0 Å². The van der Waals surface area contributed by atoms with Crippen LogP contribution in [0.3, 0.4) is 0 Å². The number of nitrogens with zero attached hydrogens (tertiary/aromatic N) is 2. The molecule has 4 nitrogen and oxygen atoms in total. The van der Waals surface area contributed by atoms with Crippen LogP contribution in [0, 0.1) is 0 Å². The molecule has 0 atom stereocenters. The molecule has 0 unspecified atom stereocenters. The maximum Gasteiger partial charge on any atom is 0.256 e. The largest absolute Gasteiger partial charge is 0.302 e. The molecule has 0 aliphatic carbocycles. The molecule has 2 aromatic carbocycles. The zero-order valence-electron chi connectivity index (χ0n) is 12.9. The summed E-state index contributed by atoms with van der Waals surface area (Å²) >= 11 is 5.85. The van der Waals surface area contributed by atoms with Gasteiger partial charge in [0.15, 0.2) is 5.84 Å². The highest BCUT2D eigenvalue weighted by Gasteiger charge is 2.15. The van der Waals surface area contributed by atoms with Crippen LogP contribution in [0.15, 0.2) is 59.7 Å². The van der Waals surface area contributed by atoms with Gasteiger partial charge in [0.2, 0.25) is 0 Å². The molecule has 2 aromatic rings. The van der Waals surface area contributed by atoms with E-state index in [-0.39, 0.29) is 5.91 Å². The molecule has 0 radical (unpaired) electrons. The van der Waals surface area contributed by atoms with Gasteiger partial charge in [-0.1, -0.05) is 47.0 Å². The molecular formula is C17H19ClN3O+. The number of quaternary nitrogens is 1. The normalized spacial score (nSPS) is 12.1.